The van der Waals surface area contributed by atoms with Gasteiger partial charge in [-0.25, -0.2) is 0 Å². The lowest BCUT2D eigenvalue weighted by molar-refractivity contribution is -0.125. The monoisotopic (exact) mass is 255 g/mol. The molecule has 1 N–H and O–H groups in total. The standard InChI is InChI=1S/C17H21NO/c19-17(15-8-13-7-14(13)9-15)18-16-6-5-11-3-1-2-4-12(11)10-16/h1-4,13-16H,5-10H2,(H,18,19). The molecule has 1 aromatic rings. The van der Waals surface area contributed by atoms with E-state index in [-0.39, 0.29) is 0 Å². The van der Waals surface area contributed by atoms with E-state index in [2.05, 4.69) is 29.6 Å². The van der Waals surface area contributed by atoms with Crippen molar-refractivity contribution in [2.24, 2.45) is 17.8 Å². The Morgan fingerprint density at radius 1 is 1.05 bits per heavy atom. The van der Waals surface area contributed by atoms with Crippen molar-refractivity contribution in [2.75, 3.05) is 0 Å². The van der Waals surface area contributed by atoms with Gasteiger partial charge in [0.2, 0.25) is 5.91 Å². The molecule has 2 fully saturated rings. The minimum absolute atomic E-state index is 0.320. The molecule has 0 radical (unpaired) electrons. The fourth-order valence-electron chi connectivity index (χ4n) is 4.07. The van der Waals surface area contributed by atoms with Crippen molar-refractivity contribution >= 4 is 5.91 Å². The van der Waals surface area contributed by atoms with Gasteiger partial charge in [-0.15, -0.1) is 0 Å². The number of aryl methyl sites for hydroxylation is 1. The molecule has 3 aliphatic carbocycles. The lowest BCUT2D eigenvalue weighted by atomic mass is 9.88. The Hall–Kier alpha value is -1.31. The molecule has 0 saturated heterocycles. The highest BCUT2D eigenvalue weighted by atomic mass is 16.1. The Bertz CT molecular complexity index is 500. The molecule has 2 saturated carbocycles. The van der Waals surface area contributed by atoms with Crippen LogP contribution in [0.4, 0.5) is 0 Å². The van der Waals surface area contributed by atoms with Crippen LogP contribution < -0.4 is 5.32 Å². The number of carbonyl (C=O) groups is 1. The van der Waals surface area contributed by atoms with E-state index in [1.807, 2.05) is 0 Å². The first-order valence-electron chi connectivity index (χ1n) is 7.67. The molecule has 2 nitrogen and oxygen atoms in total. The SMILES string of the molecule is O=C(NC1CCc2ccccc2C1)C1CC2CC2C1. The highest BCUT2D eigenvalue weighted by Crippen LogP contribution is 2.54. The lowest BCUT2D eigenvalue weighted by Crippen LogP contribution is -2.41. The summed E-state index contributed by atoms with van der Waals surface area (Å²) in [6, 6.07) is 9.01. The van der Waals surface area contributed by atoms with Crippen molar-refractivity contribution in [2.45, 2.75) is 44.6 Å². The zero-order valence-corrected chi connectivity index (χ0v) is 11.3. The minimum Gasteiger partial charge on any atom is -0.353 e. The van der Waals surface area contributed by atoms with Crippen molar-refractivity contribution in [1.29, 1.82) is 0 Å². The summed E-state index contributed by atoms with van der Waals surface area (Å²) in [6.07, 6.45) is 6.92. The molecule has 1 aromatic carbocycles. The van der Waals surface area contributed by atoms with E-state index in [1.165, 1.54) is 17.5 Å². The van der Waals surface area contributed by atoms with Crippen molar-refractivity contribution in [3.05, 3.63) is 35.4 Å². The maximum Gasteiger partial charge on any atom is 0.223 e. The van der Waals surface area contributed by atoms with Crippen LogP contribution in [0, 0.1) is 17.8 Å². The van der Waals surface area contributed by atoms with Crippen LogP contribution in [0.25, 0.3) is 0 Å². The number of rotatable bonds is 2. The largest absolute Gasteiger partial charge is 0.353 e. The molecule has 3 atom stereocenters. The first-order chi connectivity index (χ1) is 9.29. The molecular weight excluding hydrogens is 234 g/mol. The number of hydrogen-bond acceptors (Lipinski definition) is 1. The third kappa shape index (κ3) is 2.18. The Labute approximate surface area is 114 Å². The van der Waals surface area contributed by atoms with Crippen molar-refractivity contribution in [3.8, 4) is 0 Å². The summed E-state index contributed by atoms with van der Waals surface area (Å²) in [5.74, 6) is 2.43. The third-order valence-electron chi connectivity index (χ3n) is 5.31. The van der Waals surface area contributed by atoms with Crippen LogP contribution in [-0.4, -0.2) is 11.9 Å². The zero-order chi connectivity index (χ0) is 12.8. The molecule has 0 spiro atoms. The van der Waals surface area contributed by atoms with Gasteiger partial charge < -0.3 is 5.32 Å². The summed E-state index contributed by atoms with van der Waals surface area (Å²) < 4.78 is 0. The van der Waals surface area contributed by atoms with Gasteiger partial charge in [0.05, 0.1) is 0 Å². The van der Waals surface area contributed by atoms with E-state index in [1.54, 1.807) is 0 Å². The second kappa shape index (κ2) is 4.36. The van der Waals surface area contributed by atoms with E-state index in [4.69, 9.17) is 0 Å². The number of nitrogens with one attached hydrogen (secondary N) is 1. The van der Waals surface area contributed by atoms with Crippen LogP contribution in [0.5, 0.6) is 0 Å². The molecule has 19 heavy (non-hydrogen) atoms. The topological polar surface area (TPSA) is 29.1 Å². The zero-order valence-electron chi connectivity index (χ0n) is 11.3. The quantitative estimate of drug-likeness (QED) is 0.865. The Morgan fingerprint density at radius 3 is 2.58 bits per heavy atom. The van der Waals surface area contributed by atoms with Crippen molar-refractivity contribution in [1.82, 2.24) is 5.32 Å². The van der Waals surface area contributed by atoms with Crippen molar-refractivity contribution in [3.63, 3.8) is 0 Å². The van der Waals surface area contributed by atoms with Gasteiger partial charge in [-0.3, -0.25) is 4.79 Å². The molecule has 3 unspecified atom stereocenters. The van der Waals surface area contributed by atoms with Crippen LogP contribution in [0.3, 0.4) is 0 Å². The van der Waals surface area contributed by atoms with E-state index in [9.17, 15) is 4.79 Å². The van der Waals surface area contributed by atoms with Crippen LogP contribution >= 0.6 is 0 Å². The molecule has 100 valence electrons. The van der Waals surface area contributed by atoms with Crippen LogP contribution in [0.1, 0.15) is 36.8 Å². The van der Waals surface area contributed by atoms with E-state index < -0.39 is 0 Å². The van der Waals surface area contributed by atoms with Crippen LogP contribution in [0.2, 0.25) is 0 Å². The third-order valence-corrected chi connectivity index (χ3v) is 5.31. The summed E-state index contributed by atoms with van der Waals surface area (Å²) in [5, 5.41) is 3.30. The molecule has 0 aliphatic heterocycles. The van der Waals surface area contributed by atoms with Gasteiger partial charge in [-0.05, 0) is 61.5 Å². The fourth-order valence-corrected chi connectivity index (χ4v) is 4.07. The number of benzene rings is 1. The second-order valence-corrected chi connectivity index (χ2v) is 6.64. The Balaban J connectivity index is 1.38. The minimum atomic E-state index is 0.320. The van der Waals surface area contributed by atoms with Gasteiger partial charge in [0.15, 0.2) is 0 Å². The number of carbonyl (C=O) groups excluding carboxylic acids is 1. The predicted molar refractivity (Wildman–Crippen MR) is 74.7 cm³/mol. The molecule has 0 heterocycles. The maximum atomic E-state index is 12.3. The van der Waals surface area contributed by atoms with Gasteiger partial charge in [-0.2, -0.15) is 0 Å². The first-order valence-corrected chi connectivity index (χ1v) is 7.67. The molecule has 2 heteroatoms. The van der Waals surface area contributed by atoms with Crippen LogP contribution in [0.15, 0.2) is 24.3 Å². The maximum absolute atomic E-state index is 12.3. The van der Waals surface area contributed by atoms with E-state index in [0.29, 0.717) is 17.9 Å². The second-order valence-electron chi connectivity index (χ2n) is 6.64. The van der Waals surface area contributed by atoms with E-state index >= 15 is 0 Å². The number of hydrogen-bond donors (Lipinski definition) is 1. The molecule has 3 aliphatic rings. The highest BCUT2D eigenvalue weighted by Gasteiger charge is 2.48. The summed E-state index contributed by atoms with van der Waals surface area (Å²) in [7, 11) is 0. The molecular formula is C17H21NO. The lowest BCUT2D eigenvalue weighted by Gasteiger charge is -2.26. The predicted octanol–water partition coefficient (Wildman–Crippen LogP) is 2.71. The average Bonchev–Trinajstić information content (AvgIpc) is 3.05. The summed E-state index contributed by atoms with van der Waals surface area (Å²) >= 11 is 0. The summed E-state index contributed by atoms with van der Waals surface area (Å²) in [5.41, 5.74) is 2.89. The Morgan fingerprint density at radius 2 is 1.79 bits per heavy atom. The smallest absolute Gasteiger partial charge is 0.223 e. The average molecular weight is 255 g/mol. The van der Waals surface area contributed by atoms with Crippen LogP contribution in [-0.2, 0) is 17.6 Å². The number of fused-ring (bicyclic) bond motifs is 2. The van der Waals surface area contributed by atoms with Gasteiger partial charge in [0.25, 0.3) is 0 Å². The number of amides is 1. The summed E-state index contributed by atoms with van der Waals surface area (Å²) in [4.78, 5) is 12.3. The highest BCUT2D eigenvalue weighted by molar-refractivity contribution is 5.79. The summed E-state index contributed by atoms with van der Waals surface area (Å²) in [6.45, 7) is 0. The van der Waals surface area contributed by atoms with Gasteiger partial charge >= 0.3 is 0 Å². The normalized spacial score (nSPS) is 35.4. The van der Waals surface area contributed by atoms with Gasteiger partial charge in [-0.1, -0.05) is 24.3 Å². The molecule has 1 amide bonds. The molecule has 4 rings (SSSR count). The first kappa shape index (κ1) is 11.5. The molecule has 0 aromatic heterocycles. The van der Waals surface area contributed by atoms with Gasteiger partial charge in [0.1, 0.15) is 0 Å². The van der Waals surface area contributed by atoms with Gasteiger partial charge in [0, 0.05) is 12.0 Å². The van der Waals surface area contributed by atoms with E-state index in [0.717, 1.165) is 43.9 Å². The molecule has 0 bridgehead atoms. The Kier molecular flexibility index (Phi) is 2.64. The fraction of sp³-hybridized carbons (Fsp3) is 0.588. The van der Waals surface area contributed by atoms with Crippen molar-refractivity contribution < 1.29 is 4.79 Å².